The van der Waals surface area contributed by atoms with Gasteiger partial charge < -0.3 is 20.6 Å². The quantitative estimate of drug-likeness (QED) is 0.710. The number of rotatable bonds is 3. The van der Waals surface area contributed by atoms with Gasteiger partial charge in [-0.3, -0.25) is 0 Å². The second-order valence-electron chi connectivity index (χ2n) is 4.04. The number of oxazole rings is 1. The maximum Gasteiger partial charge on any atom is 0.357 e. The van der Waals surface area contributed by atoms with Crippen LogP contribution in [0, 0.1) is 0 Å². The first-order valence-electron chi connectivity index (χ1n) is 5.38. The summed E-state index contributed by atoms with van der Waals surface area (Å²) in [7, 11) is 0. The lowest BCUT2D eigenvalue weighted by molar-refractivity contribution is 0.0690. The van der Waals surface area contributed by atoms with Crippen LogP contribution in [-0.2, 0) is 0 Å². The number of anilines is 1. The van der Waals surface area contributed by atoms with E-state index in [4.69, 9.17) is 15.3 Å². The van der Waals surface area contributed by atoms with Crippen LogP contribution in [0.1, 0.15) is 36.2 Å². The van der Waals surface area contributed by atoms with Crippen molar-refractivity contribution in [1.29, 1.82) is 0 Å². The molecule has 0 spiro atoms. The van der Waals surface area contributed by atoms with Gasteiger partial charge in [-0.25, -0.2) is 4.79 Å². The molecule has 88 valence electrons. The van der Waals surface area contributed by atoms with Crippen molar-refractivity contribution in [3.63, 3.8) is 0 Å². The van der Waals surface area contributed by atoms with Gasteiger partial charge in [0, 0.05) is 12.1 Å². The van der Waals surface area contributed by atoms with E-state index in [9.17, 15) is 4.79 Å². The number of carbonyl (C=O) groups is 1. The Bertz CT molecular complexity index is 377. The van der Waals surface area contributed by atoms with Gasteiger partial charge in [0.1, 0.15) is 6.26 Å². The highest BCUT2D eigenvalue weighted by atomic mass is 16.4. The van der Waals surface area contributed by atoms with Gasteiger partial charge in [-0.05, 0) is 12.8 Å². The van der Waals surface area contributed by atoms with Crippen LogP contribution < -0.4 is 11.1 Å². The molecule has 2 unspecified atom stereocenters. The van der Waals surface area contributed by atoms with Gasteiger partial charge in [0.2, 0.25) is 0 Å². The predicted molar refractivity (Wildman–Crippen MR) is 57.3 cm³/mol. The number of hydrogen-bond donors (Lipinski definition) is 3. The minimum absolute atomic E-state index is 0.0777. The van der Waals surface area contributed by atoms with Crippen LogP contribution in [0.2, 0.25) is 0 Å². The first-order chi connectivity index (χ1) is 7.66. The zero-order chi connectivity index (χ0) is 11.5. The highest BCUT2D eigenvalue weighted by Crippen LogP contribution is 2.20. The fourth-order valence-corrected chi connectivity index (χ4v) is 1.94. The molecule has 0 bridgehead atoms. The standard InChI is InChI=1S/C10H15N3O3/c11-6-3-1-2-4-7(6)12-10-13-8(5-16-10)9(14)15/h5-7H,1-4,11H2,(H,12,13)(H,14,15). The fourth-order valence-electron chi connectivity index (χ4n) is 1.94. The Balaban J connectivity index is 1.99. The predicted octanol–water partition coefficient (Wildman–Crippen LogP) is 1.05. The molecule has 1 aliphatic rings. The van der Waals surface area contributed by atoms with Crippen molar-refractivity contribution in [2.75, 3.05) is 5.32 Å². The number of hydrogen-bond acceptors (Lipinski definition) is 5. The lowest BCUT2D eigenvalue weighted by Gasteiger charge is -2.28. The smallest absolute Gasteiger partial charge is 0.357 e. The van der Waals surface area contributed by atoms with Crippen LogP contribution in [-0.4, -0.2) is 28.1 Å². The molecule has 0 amide bonds. The first kappa shape index (κ1) is 10.9. The number of aromatic nitrogens is 1. The van der Waals surface area contributed by atoms with Gasteiger partial charge in [0.05, 0.1) is 0 Å². The van der Waals surface area contributed by atoms with Gasteiger partial charge in [-0.1, -0.05) is 12.8 Å². The molecule has 6 heteroatoms. The van der Waals surface area contributed by atoms with E-state index in [0.29, 0.717) is 0 Å². The van der Waals surface area contributed by atoms with Crippen molar-refractivity contribution in [3.05, 3.63) is 12.0 Å². The van der Waals surface area contributed by atoms with Gasteiger partial charge in [-0.15, -0.1) is 0 Å². The van der Waals surface area contributed by atoms with Crippen molar-refractivity contribution < 1.29 is 14.3 Å². The van der Waals surface area contributed by atoms with E-state index in [1.807, 2.05) is 0 Å². The van der Waals surface area contributed by atoms with Gasteiger partial charge in [0.25, 0.3) is 6.01 Å². The highest BCUT2D eigenvalue weighted by molar-refractivity contribution is 5.85. The molecule has 0 radical (unpaired) electrons. The van der Waals surface area contributed by atoms with E-state index in [2.05, 4.69) is 10.3 Å². The monoisotopic (exact) mass is 225 g/mol. The summed E-state index contributed by atoms with van der Waals surface area (Å²) >= 11 is 0. The third-order valence-electron chi connectivity index (χ3n) is 2.85. The van der Waals surface area contributed by atoms with E-state index in [1.165, 1.54) is 0 Å². The summed E-state index contributed by atoms with van der Waals surface area (Å²) in [6.07, 6.45) is 5.33. The average molecular weight is 225 g/mol. The topological polar surface area (TPSA) is 101 Å². The number of carboxylic acid groups (broad SMARTS) is 1. The summed E-state index contributed by atoms with van der Waals surface area (Å²) in [5, 5.41) is 11.7. The summed E-state index contributed by atoms with van der Waals surface area (Å²) in [5.74, 6) is -1.09. The second kappa shape index (κ2) is 4.52. The molecule has 0 aliphatic heterocycles. The average Bonchev–Trinajstić information content (AvgIpc) is 2.70. The molecule has 6 nitrogen and oxygen atoms in total. The van der Waals surface area contributed by atoms with Crippen LogP contribution in [0.3, 0.4) is 0 Å². The van der Waals surface area contributed by atoms with Gasteiger partial charge in [-0.2, -0.15) is 4.98 Å². The van der Waals surface area contributed by atoms with Crippen molar-refractivity contribution in [2.45, 2.75) is 37.8 Å². The number of carboxylic acids is 1. The van der Waals surface area contributed by atoms with Crippen molar-refractivity contribution in [3.8, 4) is 0 Å². The fraction of sp³-hybridized carbons (Fsp3) is 0.600. The van der Waals surface area contributed by atoms with E-state index in [0.717, 1.165) is 31.9 Å². The van der Waals surface area contributed by atoms with Crippen molar-refractivity contribution in [1.82, 2.24) is 4.98 Å². The summed E-state index contributed by atoms with van der Waals surface area (Å²) < 4.78 is 5.02. The lowest BCUT2D eigenvalue weighted by Crippen LogP contribution is -2.42. The van der Waals surface area contributed by atoms with Gasteiger partial charge >= 0.3 is 5.97 Å². The van der Waals surface area contributed by atoms with Crippen LogP contribution in [0.4, 0.5) is 6.01 Å². The zero-order valence-corrected chi connectivity index (χ0v) is 8.85. The normalized spacial score (nSPS) is 25.3. The maximum absolute atomic E-state index is 10.6. The minimum atomic E-state index is -1.09. The van der Waals surface area contributed by atoms with Crippen molar-refractivity contribution in [2.24, 2.45) is 5.73 Å². The molecule has 1 heterocycles. The SMILES string of the molecule is NC1CCCCC1Nc1nc(C(=O)O)co1. The molecule has 4 N–H and O–H groups in total. The summed E-state index contributed by atoms with van der Waals surface area (Å²) in [5.41, 5.74) is 5.85. The lowest BCUT2D eigenvalue weighted by atomic mass is 9.91. The molecular weight excluding hydrogens is 210 g/mol. The number of nitrogens with zero attached hydrogens (tertiary/aromatic N) is 1. The van der Waals surface area contributed by atoms with E-state index < -0.39 is 5.97 Å². The molecule has 2 rings (SSSR count). The Labute approximate surface area is 92.8 Å². The third kappa shape index (κ3) is 2.33. The third-order valence-corrected chi connectivity index (χ3v) is 2.85. The summed E-state index contributed by atoms with van der Waals surface area (Å²) in [6.45, 7) is 0. The molecule has 0 saturated heterocycles. The number of aromatic carboxylic acids is 1. The van der Waals surface area contributed by atoms with Crippen LogP contribution in [0.25, 0.3) is 0 Å². The van der Waals surface area contributed by atoms with Crippen LogP contribution in [0.15, 0.2) is 10.7 Å². The molecule has 1 aromatic heterocycles. The molecule has 1 saturated carbocycles. The highest BCUT2D eigenvalue weighted by Gasteiger charge is 2.23. The summed E-state index contributed by atoms with van der Waals surface area (Å²) in [4.78, 5) is 14.4. The van der Waals surface area contributed by atoms with Gasteiger partial charge in [0.15, 0.2) is 5.69 Å². The molecule has 1 aliphatic carbocycles. The van der Waals surface area contributed by atoms with E-state index in [-0.39, 0.29) is 23.8 Å². The molecule has 2 atom stereocenters. The van der Waals surface area contributed by atoms with E-state index >= 15 is 0 Å². The first-order valence-corrected chi connectivity index (χ1v) is 5.38. The zero-order valence-electron chi connectivity index (χ0n) is 8.85. The molecule has 16 heavy (non-hydrogen) atoms. The molecular formula is C10H15N3O3. The minimum Gasteiger partial charge on any atom is -0.476 e. The maximum atomic E-state index is 10.6. The Hall–Kier alpha value is -1.56. The van der Waals surface area contributed by atoms with Crippen LogP contribution in [0.5, 0.6) is 0 Å². The Morgan fingerprint density at radius 1 is 1.56 bits per heavy atom. The second-order valence-corrected chi connectivity index (χ2v) is 4.04. The molecule has 1 fully saturated rings. The largest absolute Gasteiger partial charge is 0.476 e. The van der Waals surface area contributed by atoms with Crippen molar-refractivity contribution >= 4 is 12.0 Å². The van der Waals surface area contributed by atoms with E-state index in [1.54, 1.807) is 0 Å². The Morgan fingerprint density at radius 2 is 2.31 bits per heavy atom. The Kier molecular flexibility index (Phi) is 3.09. The number of nitrogens with two attached hydrogens (primary N) is 1. The molecule has 1 aromatic rings. The summed E-state index contributed by atoms with van der Waals surface area (Å²) in [6, 6.07) is 0.433. The number of nitrogens with one attached hydrogen (secondary N) is 1. The Morgan fingerprint density at radius 3 is 2.94 bits per heavy atom. The van der Waals surface area contributed by atoms with Crippen LogP contribution >= 0.6 is 0 Å². The molecule has 0 aromatic carbocycles.